The molecule has 1 heterocycles. The van der Waals surface area contributed by atoms with Crippen LogP contribution in [-0.2, 0) is 4.84 Å². The first kappa shape index (κ1) is 16.4. The summed E-state index contributed by atoms with van der Waals surface area (Å²) in [6.45, 7) is 3.03. The van der Waals surface area contributed by atoms with E-state index in [1.165, 1.54) is 12.4 Å². The number of nitrogens with one attached hydrogen (secondary N) is 1. The number of aliphatic hydroxyl groups is 1. The molecule has 1 unspecified atom stereocenters. The van der Waals surface area contributed by atoms with E-state index in [1.54, 1.807) is 24.3 Å². The molecule has 2 rings (SSSR count). The Hall–Kier alpha value is -2.00. The molecule has 2 N–H and O–H groups in total. The van der Waals surface area contributed by atoms with Crippen molar-refractivity contribution in [3.8, 4) is 0 Å². The molecule has 0 radical (unpaired) electrons. The summed E-state index contributed by atoms with van der Waals surface area (Å²) in [5.74, 6) is -5.09. The van der Waals surface area contributed by atoms with Gasteiger partial charge in [0.05, 0.1) is 5.69 Å². The second kappa shape index (κ2) is 5.65. The van der Waals surface area contributed by atoms with Gasteiger partial charge in [0, 0.05) is 0 Å². The molecule has 0 spiro atoms. The number of hydrogen-bond acceptors (Lipinski definition) is 5. The van der Waals surface area contributed by atoms with Crippen LogP contribution in [0.15, 0.2) is 46.0 Å². The quantitative estimate of drug-likeness (QED) is 0.660. The summed E-state index contributed by atoms with van der Waals surface area (Å²) in [4.78, 5) is 4.54. The van der Waals surface area contributed by atoms with Crippen LogP contribution in [0.5, 0.6) is 0 Å². The molecule has 1 aromatic carbocycles. The summed E-state index contributed by atoms with van der Waals surface area (Å²) in [7, 11) is 0. The molecule has 1 aromatic rings. The van der Waals surface area contributed by atoms with Crippen LogP contribution in [0.25, 0.3) is 0 Å². The number of rotatable bonds is 4. The van der Waals surface area contributed by atoms with Gasteiger partial charge in [-0.1, -0.05) is 17.7 Å². The van der Waals surface area contributed by atoms with Gasteiger partial charge < -0.3 is 9.94 Å². The molecule has 120 valence electrons. The second-order valence-corrected chi connectivity index (χ2v) is 4.78. The molecular formula is C13H13F4N3O2. The molecule has 0 aromatic heterocycles. The standard InChI is InChI=1S/C13H13F4N3O2/c1-7-3-5-9(6-4-7)18-19-10-8(2)22-20-13(10,21)12(16,17)11(14)15/h3-6,11,20-21H,1-2H3. The number of nitrogens with zero attached hydrogens (tertiary/aromatic N) is 2. The molecule has 1 aliphatic heterocycles. The number of azo groups is 1. The molecule has 0 saturated carbocycles. The molecule has 0 bridgehead atoms. The lowest BCUT2D eigenvalue weighted by atomic mass is 10.0. The third kappa shape index (κ3) is 2.69. The maximum absolute atomic E-state index is 13.6. The highest BCUT2D eigenvalue weighted by Crippen LogP contribution is 2.42. The van der Waals surface area contributed by atoms with Gasteiger partial charge in [-0.2, -0.15) is 13.9 Å². The molecular weight excluding hydrogens is 306 g/mol. The summed E-state index contributed by atoms with van der Waals surface area (Å²) in [5, 5.41) is 17.0. The number of alkyl halides is 4. The van der Waals surface area contributed by atoms with Gasteiger partial charge in [0.15, 0.2) is 5.70 Å². The largest absolute Gasteiger partial charge is 0.408 e. The van der Waals surface area contributed by atoms with Gasteiger partial charge in [-0.3, -0.25) is 0 Å². The zero-order chi connectivity index (χ0) is 16.5. The highest BCUT2D eigenvalue weighted by atomic mass is 19.3. The van der Waals surface area contributed by atoms with Gasteiger partial charge in [0.2, 0.25) is 0 Å². The first-order chi connectivity index (χ1) is 10.2. The number of halogens is 4. The van der Waals surface area contributed by atoms with Gasteiger partial charge in [-0.05, 0) is 26.0 Å². The van der Waals surface area contributed by atoms with Crippen LogP contribution in [-0.4, -0.2) is 23.2 Å². The Labute approximate surface area is 123 Å². The number of hydroxylamine groups is 1. The molecule has 5 nitrogen and oxygen atoms in total. The fraction of sp³-hybridized carbons (Fsp3) is 0.385. The summed E-state index contributed by atoms with van der Waals surface area (Å²) < 4.78 is 52.2. The molecule has 1 aliphatic rings. The topological polar surface area (TPSA) is 66.2 Å². The van der Waals surface area contributed by atoms with Crippen molar-refractivity contribution in [2.75, 3.05) is 0 Å². The third-order valence-electron chi connectivity index (χ3n) is 3.08. The summed E-state index contributed by atoms with van der Waals surface area (Å²) in [6, 6.07) is 6.53. The zero-order valence-corrected chi connectivity index (χ0v) is 11.6. The summed E-state index contributed by atoms with van der Waals surface area (Å²) >= 11 is 0. The molecule has 0 saturated heterocycles. The van der Waals surface area contributed by atoms with Crippen molar-refractivity contribution < 1.29 is 27.5 Å². The van der Waals surface area contributed by atoms with Crippen molar-refractivity contribution in [2.45, 2.75) is 31.9 Å². The van der Waals surface area contributed by atoms with E-state index < -0.39 is 23.8 Å². The minimum atomic E-state index is -4.81. The van der Waals surface area contributed by atoms with Crippen LogP contribution >= 0.6 is 0 Å². The van der Waals surface area contributed by atoms with Gasteiger partial charge in [0.1, 0.15) is 5.76 Å². The van der Waals surface area contributed by atoms with Crippen molar-refractivity contribution >= 4 is 5.69 Å². The van der Waals surface area contributed by atoms with E-state index in [0.29, 0.717) is 5.69 Å². The lowest BCUT2D eigenvalue weighted by molar-refractivity contribution is -0.257. The van der Waals surface area contributed by atoms with Gasteiger partial charge in [-0.15, -0.1) is 10.6 Å². The zero-order valence-electron chi connectivity index (χ0n) is 11.6. The Morgan fingerprint density at radius 2 is 1.77 bits per heavy atom. The Morgan fingerprint density at radius 1 is 1.18 bits per heavy atom. The molecule has 0 fully saturated rings. The van der Waals surface area contributed by atoms with Crippen LogP contribution in [0.4, 0.5) is 23.2 Å². The van der Waals surface area contributed by atoms with Gasteiger partial charge >= 0.3 is 12.3 Å². The van der Waals surface area contributed by atoms with Crippen LogP contribution in [0.3, 0.4) is 0 Å². The van der Waals surface area contributed by atoms with E-state index in [1.807, 2.05) is 6.92 Å². The Morgan fingerprint density at radius 3 is 2.32 bits per heavy atom. The lowest BCUT2D eigenvalue weighted by Gasteiger charge is -2.29. The summed E-state index contributed by atoms with van der Waals surface area (Å²) in [6.07, 6.45) is -4.12. The average Bonchev–Trinajstić information content (AvgIpc) is 2.75. The van der Waals surface area contributed by atoms with E-state index in [2.05, 4.69) is 15.1 Å². The van der Waals surface area contributed by atoms with Crippen LogP contribution < -0.4 is 5.48 Å². The number of allylic oxidation sites excluding steroid dienone is 1. The Balaban J connectivity index is 2.35. The van der Waals surface area contributed by atoms with E-state index in [0.717, 1.165) is 5.56 Å². The van der Waals surface area contributed by atoms with E-state index in [9.17, 15) is 22.7 Å². The fourth-order valence-corrected chi connectivity index (χ4v) is 1.75. The SMILES string of the molecule is CC1=C(N=Nc2ccc(C)cc2)C(O)(C(F)(F)C(F)F)NO1. The highest BCUT2D eigenvalue weighted by Gasteiger charge is 2.66. The van der Waals surface area contributed by atoms with Crippen LogP contribution in [0, 0.1) is 6.92 Å². The minimum absolute atomic E-state index is 0.279. The first-order valence-electron chi connectivity index (χ1n) is 6.20. The van der Waals surface area contributed by atoms with E-state index >= 15 is 0 Å². The molecule has 22 heavy (non-hydrogen) atoms. The number of hydrogen-bond donors (Lipinski definition) is 2. The van der Waals surface area contributed by atoms with E-state index in [-0.39, 0.29) is 5.76 Å². The Bertz CT molecular complexity index is 616. The smallest absolute Gasteiger partial charge is 0.357 e. The molecule has 1 atom stereocenters. The van der Waals surface area contributed by atoms with Crippen molar-refractivity contribution in [3.63, 3.8) is 0 Å². The van der Waals surface area contributed by atoms with Crippen molar-refractivity contribution in [3.05, 3.63) is 41.3 Å². The third-order valence-corrected chi connectivity index (χ3v) is 3.08. The number of benzene rings is 1. The minimum Gasteiger partial charge on any atom is -0.408 e. The highest BCUT2D eigenvalue weighted by molar-refractivity contribution is 5.38. The maximum atomic E-state index is 13.6. The van der Waals surface area contributed by atoms with Gasteiger partial charge in [-0.25, -0.2) is 8.78 Å². The predicted octanol–water partition coefficient (Wildman–Crippen LogP) is 3.43. The van der Waals surface area contributed by atoms with Crippen molar-refractivity contribution in [1.82, 2.24) is 5.48 Å². The van der Waals surface area contributed by atoms with Crippen molar-refractivity contribution in [1.29, 1.82) is 0 Å². The predicted molar refractivity (Wildman–Crippen MR) is 68.5 cm³/mol. The van der Waals surface area contributed by atoms with Crippen molar-refractivity contribution in [2.24, 2.45) is 10.2 Å². The first-order valence-corrected chi connectivity index (χ1v) is 6.20. The average molecular weight is 319 g/mol. The lowest BCUT2D eigenvalue weighted by Crippen LogP contribution is -2.60. The second-order valence-electron chi connectivity index (χ2n) is 4.78. The Kier molecular flexibility index (Phi) is 4.21. The summed E-state index contributed by atoms with van der Waals surface area (Å²) in [5.41, 5.74) is -1.52. The molecule has 0 amide bonds. The number of aryl methyl sites for hydroxylation is 1. The van der Waals surface area contributed by atoms with Crippen LogP contribution in [0.1, 0.15) is 12.5 Å². The fourth-order valence-electron chi connectivity index (χ4n) is 1.75. The maximum Gasteiger partial charge on any atom is 0.357 e. The molecule has 9 heteroatoms. The normalized spacial score (nSPS) is 22.7. The van der Waals surface area contributed by atoms with E-state index in [4.69, 9.17) is 0 Å². The molecule has 0 aliphatic carbocycles. The van der Waals surface area contributed by atoms with Gasteiger partial charge in [0.25, 0.3) is 5.72 Å². The van der Waals surface area contributed by atoms with Crippen LogP contribution in [0.2, 0.25) is 0 Å². The monoisotopic (exact) mass is 319 g/mol.